The van der Waals surface area contributed by atoms with E-state index < -0.39 is 41.4 Å². The van der Waals surface area contributed by atoms with Crippen LogP contribution in [0.15, 0.2) is 34.6 Å². The molecule has 2 aliphatic heterocycles. The van der Waals surface area contributed by atoms with E-state index in [4.69, 9.17) is 26.1 Å². The summed E-state index contributed by atoms with van der Waals surface area (Å²) in [4.78, 5) is 53.2. The number of rotatable bonds is 6. The van der Waals surface area contributed by atoms with E-state index in [1.54, 1.807) is 30.2 Å². The molecule has 18 heteroatoms. The molecular formula is C34H34ClF3N8O5S. The second-order valence-electron chi connectivity index (χ2n) is 13.5. The molecule has 2 amide bonds. The quantitative estimate of drug-likeness (QED) is 0.217. The number of alkyl halides is 3. The molecule has 0 radical (unpaired) electrons. The van der Waals surface area contributed by atoms with Gasteiger partial charge < -0.3 is 29.2 Å². The second kappa shape index (κ2) is 13.3. The third-order valence-corrected chi connectivity index (χ3v) is 9.98. The van der Waals surface area contributed by atoms with Gasteiger partial charge in [-0.1, -0.05) is 30.7 Å². The number of anilines is 2. The number of fused-ring (bicyclic) bond motifs is 3. The zero-order valence-electron chi connectivity index (χ0n) is 28.6. The van der Waals surface area contributed by atoms with Crippen LogP contribution < -0.4 is 15.8 Å². The number of amides is 2. The molecule has 5 aromatic rings. The number of carbonyl (C=O) groups excluding carboxylic acids is 2. The first-order valence-corrected chi connectivity index (χ1v) is 17.8. The van der Waals surface area contributed by atoms with Gasteiger partial charge in [0, 0.05) is 31.7 Å². The lowest BCUT2D eigenvalue weighted by molar-refractivity contribution is -0.136. The molecule has 274 valence electrons. The van der Waals surface area contributed by atoms with Gasteiger partial charge in [-0.25, -0.2) is 9.78 Å². The molecule has 1 fully saturated rings. The first-order valence-electron chi connectivity index (χ1n) is 16.5. The van der Waals surface area contributed by atoms with Crippen molar-refractivity contribution < 1.29 is 32.2 Å². The summed E-state index contributed by atoms with van der Waals surface area (Å²) in [6.07, 6.45) is -4.83. The summed E-state index contributed by atoms with van der Waals surface area (Å²) in [5.41, 5.74) is 2.47. The molecule has 52 heavy (non-hydrogen) atoms. The Morgan fingerprint density at radius 2 is 1.81 bits per heavy atom. The van der Waals surface area contributed by atoms with Crippen molar-refractivity contribution in [3.8, 4) is 11.4 Å². The number of nitrogens with one attached hydrogen (secondary N) is 1. The minimum Gasteiger partial charge on any atom is -0.444 e. The monoisotopic (exact) mass is 758 g/mol. The number of hydrogen-bond donors (Lipinski definition) is 1. The summed E-state index contributed by atoms with van der Waals surface area (Å²) in [7, 11) is 0. The molecule has 3 aromatic heterocycles. The molecule has 0 aliphatic carbocycles. The molecule has 2 aromatic carbocycles. The van der Waals surface area contributed by atoms with Crippen molar-refractivity contribution in [1.82, 2.24) is 29.0 Å². The van der Waals surface area contributed by atoms with Crippen molar-refractivity contribution in [2.24, 2.45) is 0 Å². The van der Waals surface area contributed by atoms with Crippen LogP contribution in [0.25, 0.3) is 27.4 Å². The van der Waals surface area contributed by atoms with Crippen LogP contribution in [0.4, 0.5) is 29.3 Å². The highest BCUT2D eigenvalue weighted by Crippen LogP contribution is 2.42. The van der Waals surface area contributed by atoms with Gasteiger partial charge in [-0.15, -0.1) is 16.4 Å². The van der Waals surface area contributed by atoms with E-state index in [0.29, 0.717) is 49.7 Å². The lowest BCUT2D eigenvalue weighted by atomic mass is 10.1. The third-order valence-electron chi connectivity index (χ3n) is 8.82. The van der Waals surface area contributed by atoms with Gasteiger partial charge in [0.25, 0.3) is 5.56 Å². The van der Waals surface area contributed by atoms with Crippen molar-refractivity contribution in [2.75, 3.05) is 36.4 Å². The molecule has 0 atom stereocenters. The number of ether oxygens (including phenoxy) is 2. The molecule has 0 saturated carbocycles. The fraction of sp³-hybridized carbons (Fsp3) is 0.412. The Kier molecular flexibility index (Phi) is 9.15. The topological polar surface area (TPSA) is 136 Å². The summed E-state index contributed by atoms with van der Waals surface area (Å²) in [6.45, 7) is 8.90. The van der Waals surface area contributed by atoms with Crippen LogP contribution in [0.1, 0.15) is 50.1 Å². The van der Waals surface area contributed by atoms with Crippen LogP contribution in [0, 0.1) is 0 Å². The lowest BCUT2D eigenvalue weighted by Gasteiger charge is -2.37. The summed E-state index contributed by atoms with van der Waals surface area (Å²) in [5, 5.41) is 6.95. The normalized spacial score (nSPS) is 15.1. The maximum absolute atomic E-state index is 14.3. The lowest BCUT2D eigenvalue weighted by Crippen LogP contribution is -2.51. The van der Waals surface area contributed by atoms with Crippen molar-refractivity contribution in [3.05, 3.63) is 67.5 Å². The van der Waals surface area contributed by atoms with Gasteiger partial charge in [0.15, 0.2) is 5.82 Å². The van der Waals surface area contributed by atoms with Crippen LogP contribution in [-0.4, -0.2) is 72.8 Å². The fourth-order valence-corrected chi connectivity index (χ4v) is 7.52. The van der Waals surface area contributed by atoms with Gasteiger partial charge in [-0.3, -0.25) is 9.59 Å². The first-order chi connectivity index (χ1) is 24.6. The van der Waals surface area contributed by atoms with E-state index >= 15 is 0 Å². The van der Waals surface area contributed by atoms with Gasteiger partial charge in [-0.2, -0.15) is 22.7 Å². The van der Waals surface area contributed by atoms with Crippen LogP contribution in [0.3, 0.4) is 0 Å². The van der Waals surface area contributed by atoms with Gasteiger partial charge in [0.05, 0.1) is 45.4 Å². The minimum atomic E-state index is -4.68. The zero-order chi connectivity index (χ0) is 37.1. The van der Waals surface area contributed by atoms with E-state index in [2.05, 4.69) is 15.4 Å². The highest BCUT2D eigenvalue weighted by molar-refractivity contribution is 7.17. The molecule has 2 aliphatic rings. The molecule has 1 saturated heterocycles. The van der Waals surface area contributed by atoms with Crippen molar-refractivity contribution in [2.45, 2.75) is 65.7 Å². The fourth-order valence-electron chi connectivity index (χ4n) is 6.45. The number of aromatic nitrogens is 5. The Morgan fingerprint density at radius 1 is 1.08 bits per heavy atom. The predicted molar refractivity (Wildman–Crippen MR) is 189 cm³/mol. The molecule has 5 heterocycles. The van der Waals surface area contributed by atoms with Crippen LogP contribution in [-0.2, 0) is 46.6 Å². The van der Waals surface area contributed by atoms with Crippen molar-refractivity contribution >= 4 is 62.3 Å². The molecule has 7 rings (SSSR count). The maximum atomic E-state index is 14.3. The zero-order valence-corrected chi connectivity index (χ0v) is 30.2. The maximum Gasteiger partial charge on any atom is 0.417 e. The molecule has 13 nitrogen and oxygen atoms in total. The highest BCUT2D eigenvalue weighted by Gasteiger charge is 2.36. The number of halogens is 4. The predicted octanol–water partition coefficient (Wildman–Crippen LogP) is 6.13. The number of benzene rings is 2. The number of nitrogens with zero attached hydrogens (tertiary/aromatic N) is 7. The smallest absolute Gasteiger partial charge is 0.417 e. The van der Waals surface area contributed by atoms with Crippen molar-refractivity contribution in [1.29, 1.82) is 0 Å². The van der Waals surface area contributed by atoms with Crippen LogP contribution in [0.5, 0.6) is 0 Å². The Labute approximate surface area is 303 Å². The molecule has 0 bridgehead atoms. The summed E-state index contributed by atoms with van der Waals surface area (Å²) in [5.74, 6) is -0.293. The van der Waals surface area contributed by atoms with E-state index in [1.807, 2.05) is 30.0 Å². The number of carbonyl (C=O) groups is 2. The first kappa shape index (κ1) is 35.7. The van der Waals surface area contributed by atoms with Gasteiger partial charge in [-0.05, 0) is 50.5 Å². The SMILES string of the molecule is CCc1c(N2CCN(C(=O)OC(C)(C)C)CC2)c(=O)n2nc(-c3ccc4c(c3)COC4)nc2n1CC(=O)Nc1c(Cl)cc(C(F)(F)F)c2scnc12. The van der Waals surface area contributed by atoms with Gasteiger partial charge in [0.1, 0.15) is 23.3 Å². The second-order valence-corrected chi connectivity index (χ2v) is 14.7. The standard InChI is InChI=1S/C34H34ClF3N8O5S/c1-5-23-27(43-8-10-44(11-9-43)32(49)51-33(2,3)4)30(48)46-31(41-29(42-46)18-6-7-19-15-50-16-20(19)12-18)45(23)14-24(47)40-25-22(35)13-21(34(36,37)38)28-26(25)39-17-52-28/h6-7,12-13,17H,5,8-11,14-16H2,1-4H3,(H,40,47). The van der Waals surface area contributed by atoms with Gasteiger partial charge in [0.2, 0.25) is 11.7 Å². The average molecular weight is 759 g/mol. The largest absolute Gasteiger partial charge is 0.444 e. The van der Waals surface area contributed by atoms with Gasteiger partial charge >= 0.3 is 12.3 Å². The van der Waals surface area contributed by atoms with E-state index in [9.17, 15) is 27.6 Å². The third kappa shape index (κ3) is 6.67. The van der Waals surface area contributed by atoms with E-state index in [0.717, 1.165) is 33.0 Å². The summed E-state index contributed by atoms with van der Waals surface area (Å²) in [6, 6.07) is 6.44. The number of hydrogen-bond acceptors (Lipinski definition) is 10. The van der Waals surface area contributed by atoms with E-state index in [1.165, 1.54) is 5.51 Å². The van der Waals surface area contributed by atoms with Crippen LogP contribution >= 0.6 is 22.9 Å². The Bertz CT molecular complexity index is 2290. The molecular weight excluding hydrogens is 725 g/mol. The number of piperazine rings is 1. The Hall–Kier alpha value is -4.74. The highest BCUT2D eigenvalue weighted by atomic mass is 35.5. The average Bonchev–Trinajstić information content (AvgIpc) is 3.86. The van der Waals surface area contributed by atoms with E-state index in [-0.39, 0.29) is 45.6 Å². The van der Waals surface area contributed by atoms with Crippen LogP contribution in [0.2, 0.25) is 5.02 Å². The number of thiazole rings is 1. The molecule has 1 N–H and O–H groups in total. The Balaban J connectivity index is 1.29. The summed E-state index contributed by atoms with van der Waals surface area (Å²) >= 11 is 7.11. The molecule has 0 unspecified atom stereocenters. The molecule has 0 spiro atoms. The summed E-state index contributed by atoms with van der Waals surface area (Å²) < 4.78 is 55.0. The minimum absolute atomic E-state index is 0.0629. The Morgan fingerprint density at radius 3 is 2.50 bits per heavy atom. The van der Waals surface area contributed by atoms with Crippen molar-refractivity contribution in [3.63, 3.8) is 0 Å².